The van der Waals surface area contributed by atoms with E-state index in [1.54, 1.807) is 30.2 Å². The van der Waals surface area contributed by atoms with Gasteiger partial charge in [-0.05, 0) is 12.1 Å². The maximum Gasteiger partial charge on any atom is 0.257 e. The molecule has 1 fully saturated rings. The van der Waals surface area contributed by atoms with Gasteiger partial charge in [0.25, 0.3) is 5.91 Å². The summed E-state index contributed by atoms with van der Waals surface area (Å²) < 4.78 is 16.1. The predicted molar refractivity (Wildman–Crippen MR) is 79.0 cm³/mol. The van der Waals surface area contributed by atoms with Crippen LogP contribution in [0.4, 0.5) is 0 Å². The Morgan fingerprint density at radius 2 is 2.25 bits per heavy atom. The standard InChI is InChI=1S/C14H18BrNO4/c1-18-12-5-3-4-11(13(12)19-2)14(17)16-6-7-20-10(8-15)9-16/h3-5,10H,6-9H2,1-2H3. The van der Waals surface area contributed by atoms with Crippen molar-refractivity contribution >= 4 is 21.8 Å². The van der Waals surface area contributed by atoms with Gasteiger partial charge in [-0.2, -0.15) is 0 Å². The molecule has 1 atom stereocenters. The average molecular weight is 344 g/mol. The largest absolute Gasteiger partial charge is 0.493 e. The third-order valence-electron chi connectivity index (χ3n) is 3.23. The Morgan fingerprint density at radius 3 is 2.90 bits per heavy atom. The van der Waals surface area contributed by atoms with E-state index in [0.717, 1.165) is 0 Å². The van der Waals surface area contributed by atoms with Gasteiger partial charge in [0.1, 0.15) is 0 Å². The number of alkyl halides is 1. The fourth-order valence-electron chi connectivity index (χ4n) is 2.22. The van der Waals surface area contributed by atoms with Gasteiger partial charge in [0, 0.05) is 18.4 Å². The van der Waals surface area contributed by atoms with Crippen LogP contribution in [0.2, 0.25) is 0 Å². The fourth-order valence-corrected chi connectivity index (χ4v) is 2.61. The van der Waals surface area contributed by atoms with E-state index in [0.29, 0.717) is 42.1 Å². The normalized spacial score (nSPS) is 18.8. The van der Waals surface area contributed by atoms with E-state index in [1.807, 2.05) is 0 Å². The Morgan fingerprint density at radius 1 is 1.45 bits per heavy atom. The minimum absolute atomic E-state index is 0.0318. The van der Waals surface area contributed by atoms with E-state index in [9.17, 15) is 4.79 Å². The van der Waals surface area contributed by atoms with Crippen molar-refractivity contribution in [3.8, 4) is 11.5 Å². The van der Waals surface area contributed by atoms with Crippen LogP contribution in [-0.2, 0) is 4.74 Å². The number of morpholine rings is 1. The maximum atomic E-state index is 12.6. The molecule has 1 saturated heterocycles. The predicted octanol–water partition coefficient (Wildman–Crippen LogP) is 1.94. The monoisotopic (exact) mass is 343 g/mol. The molecule has 1 unspecified atom stereocenters. The molecular weight excluding hydrogens is 326 g/mol. The van der Waals surface area contributed by atoms with Crippen LogP contribution in [0.5, 0.6) is 11.5 Å². The van der Waals surface area contributed by atoms with Crippen LogP contribution >= 0.6 is 15.9 Å². The van der Waals surface area contributed by atoms with Crippen molar-refractivity contribution < 1.29 is 19.0 Å². The van der Waals surface area contributed by atoms with Gasteiger partial charge in [0.05, 0.1) is 32.5 Å². The quantitative estimate of drug-likeness (QED) is 0.784. The molecular formula is C14H18BrNO4. The second-order valence-corrected chi connectivity index (χ2v) is 5.09. The van der Waals surface area contributed by atoms with Crippen molar-refractivity contribution in [2.75, 3.05) is 39.2 Å². The number of para-hydroxylation sites is 1. The lowest BCUT2D eigenvalue weighted by molar-refractivity contribution is -0.00977. The second-order valence-electron chi connectivity index (χ2n) is 4.44. The highest BCUT2D eigenvalue weighted by atomic mass is 79.9. The topological polar surface area (TPSA) is 48.0 Å². The van der Waals surface area contributed by atoms with Crippen molar-refractivity contribution in [2.45, 2.75) is 6.10 Å². The van der Waals surface area contributed by atoms with E-state index >= 15 is 0 Å². The van der Waals surface area contributed by atoms with Crippen molar-refractivity contribution in [3.05, 3.63) is 23.8 Å². The molecule has 20 heavy (non-hydrogen) atoms. The van der Waals surface area contributed by atoms with E-state index in [4.69, 9.17) is 14.2 Å². The first-order chi connectivity index (χ1) is 9.71. The highest BCUT2D eigenvalue weighted by Crippen LogP contribution is 2.31. The number of hydrogen-bond donors (Lipinski definition) is 0. The van der Waals surface area contributed by atoms with E-state index < -0.39 is 0 Å². The molecule has 1 aromatic carbocycles. The highest BCUT2D eigenvalue weighted by Gasteiger charge is 2.27. The van der Waals surface area contributed by atoms with Gasteiger partial charge < -0.3 is 19.1 Å². The first kappa shape index (κ1) is 15.1. The minimum atomic E-state index is -0.0602. The number of amides is 1. The molecule has 110 valence electrons. The smallest absolute Gasteiger partial charge is 0.257 e. The fraction of sp³-hybridized carbons (Fsp3) is 0.500. The number of hydrogen-bond acceptors (Lipinski definition) is 4. The van der Waals surface area contributed by atoms with Gasteiger partial charge in [-0.3, -0.25) is 4.79 Å². The van der Waals surface area contributed by atoms with Crippen LogP contribution < -0.4 is 9.47 Å². The van der Waals surface area contributed by atoms with Gasteiger partial charge in [0.2, 0.25) is 0 Å². The summed E-state index contributed by atoms with van der Waals surface area (Å²) in [5.74, 6) is 0.973. The summed E-state index contributed by atoms with van der Waals surface area (Å²) in [6.07, 6.45) is 0.0318. The third kappa shape index (κ3) is 3.07. The molecule has 0 aromatic heterocycles. The Labute approximate surface area is 126 Å². The summed E-state index contributed by atoms with van der Waals surface area (Å²) in [6.45, 7) is 1.71. The van der Waals surface area contributed by atoms with Gasteiger partial charge in [0.15, 0.2) is 11.5 Å². The molecule has 0 spiro atoms. The molecule has 0 saturated carbocycles. The molecule has 1 aromatic rings. The highest BCUT2D eigenvalue weighted by molar-refractivity contribution is 9.09. The van der Waals surface area contributed by atoms with Crippen molar-refractivity contribution in [2.24, 2.45) is 0 Å². The SMILES string of the molecule is COc1cccc(C(=O)N2CCOC(CBr)C2)c1OC. The number of carbonyl (C=O) groups excluding carboxylic acids is 1. The zero-order valence-corrected chi connectivity index (χ0v) is 13.2. The molecule has 6 heteroatoms. The number of halogens is 1. The van der Waals surface area contributed by atoms with Gasteiger partial charge >= 0.3 is 0 Å². The summed E-state index contributed by atoms with van der Waals surface area (Å²) in [4.78, 5) is 14.4. The summed E-state index contributed by atoms with van der Waals surface area (Å²) in [5, 5.41) is 0.714. The van der Waals surface area contributed by atoms with Crippen molar-refractivity contribution in [1.82, 2.24) is 4.90 Å². The first-order valence-corrected chi connectivity index (χ1v) is 7.51. The first-order valence-electron chi connectivity index (χ1n) is 6.39. The van der Waals surface area contributed by atoms with Crippen LogP contribution in [-0.4, -0.2) is 56.2 Å². The van der Waals surface area contributed by atoms with Crippen LogP contribution in [0.1, 0.15) is 10.4 Å². The number of benzene rings is 1. The molecule has 2 rings (SSSR count). The summed E-state index contributed by atoms with van der Waals surface area (Å²) in [5.41, 5.74) is 0.516. The number of rotatable bonds is 4. The molecule has 0 aliphatic carbocycles. The molecule has 1 amide bonds. The summed E-state index contributed by atoms with van der Waals surface area (Å²) in [6, 6.07) is 5.31. The summed E-state index contributed by atoms with van der Waals surface area (Å²) in [7, 11) is 3.09. The third-order valence-corrected chi connectivity index (χ3v) is 3.95. The molecule has 1 aliphatic rings. The average Bonchev–Trinajstić information content (AvgIpc) is 2.53. The minimum Gasteiger partial charge on any atom is -0.493 e. The Kier molecular flexibility index (Phi) is 5.25. The zero-order chi connectivity index (χ0) is 14.5. The van der Waals surface area contributed by atoms with E-state index in [-0.39, 0.29) is 12.0 Å². The van der Waals surface area contributed by atoms with Crippen LogP contribution in [0.25, 0.3) is 0 Å². The summed E-state index contributed by atoms with van der Waals surface area (Å²) >= 11 is 3.39. The number of nitrogens with zero attached hydrogens (tertiary/aromatic N) is 1. The number of carbonyl (C=O) groups is 1. The van der Waals surface area contributed by atoms with Crippen molar-refractivity contribution in [1.29, 1.82) is 0 Å². The molecule has 5 nitrogen and oxygen atoms in total. The number of ether oxygens (including phenoxy) is 3. The lowest BCUT2D eigenvalue weighted by atomic mass is 10.1. The number of methoxy groups -OCH3 is 2. The molecule has 1 aliphatic heterocycles. The molecule has 0 bridgehead atoms. The van der Waals surface area contributed by atoms with Crippen molar-refractivity contribution in [3.63, 3.8) is 0 Å². The lowest BCUT2D eigenvalue weighted by Gasteiger charge is -2.32. The zero-order valence-electron chi connectivity index (χ0n) is 11.6. The maximum absolute atomic E-state index is 12.6. The van der Waals surface area contributed by atoms with Gasteiger partial charge in [-0.25, -0.2) is 0 Å². The lowest BCUT2D eigenvalue weighted by Crippen LogP contribution is -2.46. The van der Waals surface area contributed by atoms with Gasteiger partial charge in [-0.1, -0.05) is 22.0 Å². The van der Waals surface area contributed by atoms with Crippen LogP contribution in [0, 0.1) is 0 Å². The second kappa shape index (κ2) is 6.95. The molecule has 1 heterocycles. The van der Waals surface area contributed by atoms with Crippen LogP contribution in [0.15, 0.2) is 18.2 Å². The van der Waals surface area contributed by atoms with E-state index in [2.05, 4.69) is 15.9 Å². The van der Waals surface area contributed by atoms with E-state index in [1.165, 1.54) is 7.11 Å². The Bertz CT molecular complexity index is 480. The Hall–Kier alpha value is -1.27. The van der Waals surface area contributed by atoms with Crippen LogP contribution in [0.3, 0.4) is 0 Å². The van der Waals surface area contributed by atoms with Gasteiger partial charge in [-0.15, -0.1) is 0 Å². The Balaban J connectivity index is 2.24. The molecule has 0 N–H and O–H groups in total. The molecule has 0 radical (unpaired) electrons.